The predicted molar refractivity (Wildman–Crippen MR) is 80.3 cm³/mol. The topological polar surface area (TPSA) is 79.0 Å². The second-order valence-electron chi connectivity index (χ2n) is 5.35. The third kappa shape index (κ3) is 4.00. The minimum atomic E-state index is -5.70. The van der Waals surface area contributed by atoms with Gasteiger partial charge in [0.25, 0.3) is 0 Å². The third-order valence-electron chi connectivity index (χ3n) is 3.47. The zero-order valence-electron chi connectivity index (χ0n) is 14.0. The highest BCUT2D eigenvalue weighted by Crippen LogP contribution is 2.38. The van der Waals surface area contributed by atoms with E-state index >= 15 is 0 Å². The first-order valence-corrected chi connectivity index (χ1v) is 8.26. The van der Waals surface area contributed by atoms with Crippen molar-refractivity contribution in [2.45, 2.75) is 29.8 Å². The van der Waals surface area contributed by atoms with E-state index in [1.807, 2.05) is 0 Å². The number of aryl methyl sites for hydroxylation is 1. The number of halogens is 7. The van der Waals surface area contributed by atoms with Crippen molar-refractivity contribution in [2.24, 2.45) is 7.05 Å². The van der Waals surface area contributed by atoms with Crippen LogP contribution in [0.5, 0.6) is 0 Å². The van der Waals surface area contributed by atoms with Crippen molar-refractivity contribution in [3.8, 4) is 0 Å². The fourth-order valence-electron chi connectivity index (χ4n) is 2.11. The monoisotopic (exact) mass is 434 g/mol. The Balaban J connectivity index is 2.39. The molecule has 14 heteroatoms. The molecular formula is C14H11F7N3O3S+. The number of anilines is 1. The van der Waals surface area contributed by atoms with Gasteiger partial charge in [-0.15, -0.1) is 0 Å². The molecule has 2 N–H and O–H groups in total. The lowest BCUT2D eigenvalue weighted by molar-refractivity contribution is -0.772. The molecule has 0 aliphatic carbocycles. The normalized spacial score (nSPS) is 12.9. The van der Waals surface area contributed by atoms with Gasteiger partial charge < -0.3 is 5.32 Å². The number of thioether (sulfide) groups is 1. The van der Waals surface area contributed by atoms with E-state index in [-0.39, 0.29) is 11.4 Å². The molecule has 0 saturated heterocycles. The van der Waals surface area contributed by atoms with Crippen LogP contribution in [-0.2, 0) is 18.0 Å². The number of hydrogen-bond acceptors (Lipinski definition) is 4. The van der Waals surface area contributed by atoms with E-state index < -0.39 is 57.5 Å². The van der Waals surface area contributed by atoms with E-state index in [1.54, 1.807) is 0 Å². The van der Waals surface area contributed by atoms with E-state index in [9.17, 15) is 40.3 Å². The van der Waals surface area contributed by atoms with Gasteiger partial charge in [0.05, 0.1) is 5.25 Å². The van der Waals surface area contributed by atoms with Gasteiger partial charge in [0, 0.05) is 0 Å². The smallest absolute Gasteiger partial charge is 0.320 e. The van der Waals surface area contributed by atoms with Gasteiger partial charge in [0.15, 0.2) is 30.3 Å². The molecule has 2 aromatic rings. The largest absolute Gasteiger partial charge is 0.441 e. The summed E-state index contributed by atoms with van der Waals surface area (Å²) in [5.74, 6) is -11.4. The van der Waals surface area contributed by atoms with Gasteiger partial charge in [-0.3, -0.25) is 9.32 Å². The first kappa shape index (κ1) is 21.8. The van der Waals surface area contributed by atoms with Gasteiger partial charge in [0.2, 0.25) is 5.91 Å². The third-order valence-corrected chi connectivity index (χ3v) is 4.96. The fourth-order valence-corrected chi connectivity index (χ4v) is 3.05. The SMILES string of the molecule is CCC(Sc1c(=O)o[nH][n+]1C)C(=O)Nc1c(F)c(F)c(C(F)(F)F)c(F)c1F. The molecule has 1 aromatic heterocycles. The van der Waals surface area contributed by atoms with Gasteiger partial charge in [-0.2, -0.15) is 13.2 Å². The molecule has 0 radical (unpaired) electrons. The number of nitrogens with zero attached hydrogens (tertiary/aromatic N) is 1. The first-order valence-electron chi connectivity index (χ1n) is 7.38. The minimum absolute atomic E-state index is 0.0179. The number of nitrogens with one attached hydrogen (secondary N) is 2. The van der Waals surface area contributed by atoms with Crippen LogP contribution >= 0.6 is 11.8 Å². The zero-order valence-corrected chi connectivity index (χ0v) is 14.8. The van der Waals surface area contributed by atoms with E-state index in [1.165, 1.54) is 19.3 Å². The first-order chi connectivity index (χ1) is 12.9. The molecule has 1 aromatic carbocycles. The number of alkyl halides is 3. The summed E-state index contributed by atoms with van der Waals surface area (Å²) in [6.45, 7) is 1.45. The molecule has 28 heavy (non-hydrogen) atoms. The van der Waals surface area contributed by atoms with Crippen molar-refractivity contribution < 1.29 is 44.7 Å². The number of aromatic amines is 1. The molecule has 2 rings (SSSR count). The number of carbonyl (C=O) groups excluding carboxylic acids is 1. The van der Waals surface area contributed by atoms with E-state index in [4.69, 9.17) is 0 Å². The average Bonchev–Trinajstić information content (AvgIpc) is 2.91. The molecule has 1 atom stereocenters. The van der Waals surface area contributed by atoms with Crippen LogP contribution in [0.4, 0.5) is 36.4 Å². The van der Waals surface area contributed by atoms with Gasteiger partial charge in [-0.05, 0) is 23.5 Å². The van der Waals surface area contributed by atoms with Crippen molar-refractivity contribution in [3.05, 3.63) is 39.3 Å². The highest BCUT2D eigenvalue weighted by Gasteiger charge is 2.42. The van der Waals surface area contributed by atoms with Crippen LogP contribution in [0.3, 0.4) is 0 Å². The van der Waals surface area contributed by atoms with Crippen LogP contribution in [-0.4, -0.2) is 16.4 Å². The molecule has 0 aliphatic rings. The Morgan fingerprint density at radius 2 is 1.71 bits per heavy atom. The summed E-state index contributed by atoms with van der Waals surface area (Å²) in [4.78, 5) is 23.7. The summed E-state index contributed by atoms with van der Waals surface area (Å²) in [6, 6.07) is 0. The molecule has 0 saturated carbocycles. The molecule has 0 bridgehead atoms. The van der Waals surface area contributed by atoms with Crippen LogP contribution in [0, 0.1) is 23.3 Å². The Morgan fingerprint density at radius 1 is 1.18 bits per heavy atom. The van der Waals surface area contributed by atoms with E-state index in [0.29, 0.717) is 11.8 Å². The number of carbonyl (C=O) groups is 1. The van der Waals surface area contributed by atoms with Crippen molar-refractivity contribution >= 4 is 23.4 Å². The number of rotatable bonds is 5. The molecule has 0 fully saturated rings. The number of H-pyrrole nitrogens is 1. The average molecular weight is 434 g/mol. The van der Waals surface area contributed by atoms with Crippen LogP contribution in [0.2, 0.25) is 0 Å². The van der Waals surface area contributed by atoms with E-state index in [2.05, 4.69) is 9.79 Å². The lowest BCUT2D eigenvalue weighted by Crippen LogP contribution is -2.36. The minimum Gasteiger partial charge on any atom is -0.320 e. The van der Waals surface area contributed by atoms with Crippen molar-refractivity contribution in [2.75, 3.05) is 5.32 Å². The Labute approximate surface area is 155 Å². The summed E-state index contributed by atoms with van der Waals surface area (Å²) in [5, 5.41) is 2.39. The second kappa shape index (κ2) is 7.85. The summed E-state index contributed by atoms with van der Waals surface area (Å²) in [6.07, 6.45) is -5.72. The fraction of sp³-hybridized carbons (Fsp3) is 0.357. The van der Waals surface area contributed by atoms with Gasteiger partial charge in [0.1, 0.15) is 11.3 Å². The van der Waals surface area contributed by atoms with Gasteiger partial charge >= 0.3 is 16.8 Å². The summed E-state index contributed by atoms with van der Waals surface area (Å²) < 4.78 is 98.3. The Bertz CT molecular complexity index is 941. The predicted octanol–water partition coefficient (Wildman–Crippen LogP) is 2.88. The Kier molecular flexibility index (Phi) is 6.11. The molecular weight excluding hydrogens is 423 g/mol. The van der Waals surface area contributed by atoms with Crippen LogP contribution in [0.25, 0.3) is 0 Å². The van der Waals surface area contributed by atoms with Crippen molar-refractivity contribution in [1.29, 1.82) is 0 Å². The summed E-state index contributed by atoms with van der Waals surface area (Å²) in [5.41, 5.74) is -5.32. The molecule has 154 valence electrons. The number of benzene rings is 1. The van der Waals surface area contributed by atoms with Gasteiger partial charge in [-0.25, -0.2) is 22.4 Å². The lowest BCUT2D eigenvalue weighted by atomic mass is 10.1. The van der Waals surface area contributed by atoms with Crippen LogP contribution in [0.15, 0.2) is 14.3 Å². The molecule has 0 aliphatic heterocycles. The highest BCUT2D eigenvalue weighted by atomic mass is 32.2. The van der Waals surface area contributed by atoms with Crippen LogP contribution < -0.4 is 15.6 Å². The maximum Gasteiger partial charge on any atom is 0.441 e. The molecule has 1 heterocycles. The number of amides is 1. The second-order valence-corrected chi connectivity index (χ2v) is 6.54. The van der Waals surface area contributed by atoms with Crippen molar-refractivity contribution in [1.82, 2.24) is 5.27 Å². The molecule has 1 unspecified atom stereocenters. The lowest BCUT2D eigenvalue weighted by Gasteiger charge is -2.16. The summed E-state index contributed by atoms with van der Waals surface area (Å²) >= 11 is 0.605. The maximum absolute atomic E-state index is 13.9. The Hall–Kier alpha value is -2.51. The quantitative estimate of drug-likeness (QED) is 0.328. The van der Waals surface area contributed by atoms with E-state index in [0.717, 1.165) is 4.68 Å². The standard InChI is InChI=1S/C14H10F7N3O3S/c1-3-4(28-12-13(26)27-23-24(12)2)11(25)22-10-8(17)6(15)5(14(19,20)21)7(16)9(10)18/h4H,3H2,1-2H3,(H-,22,23,25,26)/p+1. The molecule has 6 nitrogen and oxygen atoms in total. The molecule has 0 spiro atoms. The Morgan fingerprint density at radius 3 is 2.11 bits per heavy atom. The number of aromatic nitrogens is 2. The molecule has 1 amide bonds. The maximum atomic E-state index is 13.9. The summed E-state index contributed by atoms with van der Waals surface area (Å²) in [7, 11) is 1.36. The van der Waals surface area contributed by atoms with Gasteiger partial charge in [-0.1, -0.05) is 11.6 Å². The van der Waals surface area contributed by atoms with Crippen molar-refractivity contribution in [3.63, 3.8) is 0 Å². The van der Waals surface area contributed by atoms with Crippen LogP contribution in [0.1, 0.15) is 18.9 Å². The highest BCUT2D eigenvalue weighted by molar-refractivity contribution is 8.00. The number of hydrogen-bond donors (Lipinski definition) is 2. The zero-order chi connectivity index (χ0) is 21.4.